The van der Waals surface area contributed by atoms with Gasteiger partial charge in [0, 0.05) is 43.2 Å². The molecular formula is C23H22F2N8O. The first-order chi connectivity index (χ1) is 16.1. The largest absolute Gasteiger partial charge is 0.324 e. The normalized spacial score (nSPS) is 17.8. The predicted octanol–water partition coefficient (Wildman–Crippen LogP) is 3.21. The SMILES string of the molecule is Cc1ncc(-c2nc3c(-c4ccc5c(c4)[C@](C)(NCC(C)(F)F)C(=O)N5)ncnc3n2C)cn1. The van der Waals surface area contributed by atoms with Gasteiger partial charge in [0.1, 0.15) is 34.7 Å². The van der Waals surface area contributed by atoms with E-state index < -0.39 is 23.9 Å². The minimum atomic E-state index is -2.97. The Morgan fingerprint density at radius 1 is 1.15 bits per heavy atom. The van der Waals surface area contributed by atoms with Crippen molar-refractivity contribution in [2.24, 2.45) is 7.05 Å². The summed E-state index contributed by atoms with van der Waals surface area (Å²) in [6, 6.07) is 5.33. The van der Waals surface area contributed by atoms with Gasteiger partial charge in [0.25, 0.3) is 5.92 Å². The number of halogens is 2. The number of rotatable bonds is 5. The van der Waals surface area contributed by atoms with E-state index in [4.69, 9.17) is 4.98 Å². The molecule has 1 amide bonds. The number of alkyl halides is 2. The lowest BCUT2D eigenvalue weighted by Gasteiger charge is -2.26. The van der Waals surface area contributed by atoms with Gasteiger partial charge in [-0.2, -0.15) is 0 Å². The first-order valence-corrected chi connectivity index (χ1v) is 10.6. The van der Waals surface area contributed by atoms with Gasteiger partial charge in [0.2, 0.25) is 5.91 Å². The third-order valence-corrected chi connectivity index (χ3v) is 5.98. The lowest BCUT2D eigenvalue weighted by Crippen LogP contribution is -2.49. The van der Waals surface area contributed by atoms with Crippen molar-refractivity contribution in [1.82, 2.24) is 34.8 Å². The molecule has 4 heterocycles. The number of benzene rings is 1. The highest BCUT2D eigenvalue weighted by Gasteiger charge is 2.44. The Morgan fingerprint density at radius 3 is 2.59 bits per heavy atom. The molecule has 174 valence electrons. The van der Waals surface area contributed by atoms with Gasteiger partial charge in [-0.05, 0) is 26.0 Å². The summed E-state index contributed by atoms with van der Waals surface area (Å²) in [4.78, 5) is 34.8. The van der Waals surface area contributed by atoms with Gasteiger partial charge < -0.3 is 9.88 Å². The van der Waals surface area contributed by atoms with E-state index in [9.17, 15) is 13.6 Å². The fourth-order valence-corrected chi connectivity index (χ4v) is 4.07. The second-order valence-electron chi connectivity index (χ2n) is 8.67. The molecule has 1 atom stereocenters. The number of nitrogens with zero attached hydrogens (tertiary/aromatic N) is 6. The lowest BCUT2D eigenvalue weighted by molar-refractivity contribution is -0.122. The van der Waals surface area contributed by atoms with Gasteiger partial charge in [0.15, 0.2) is 5.65 Å². The summed E-state index contributed by atoms with van der Waals surface area (Å²) in [5.41, 5.74) is 2.97. The number of amides is 1. The van der Waals surface area contributed by atoms with E-state index in [1.165, 1.54) is 6.33 Å². The highest BCUT2D eigenvalue weighted by Crippen LogP contribution is 2.39. The number of imidazole rings is 1. The van der Waals surface area contributed by atoms with Crippen LogP contribution in [0.1, 0.15) is 25.2 Å². The zero-order chi connectivity index (χ0) is 24.3. The molecule has 9 nitrogen and oxygen atoms in total. The number of nitrogens with one attached hydrogen (secondary N) is 2. The third-order valence-electron chi connectivity index (χ3n) is 5.98. The van der Waals surface area contributed by atoms with Crippen LogP contribution >= 0.6 is 0 Å². The molecule has 0 bridgehead atoms. The summed E-state index contributed by atoms with van der Waals surface area (Å²) < 4.78 is 28.9. The quantitative estimate of drug-likeness (QED) is 0.467. The van der Waals surface area contributed by atoms with E-state index in [0.717, 1.165) is 12.5 Å². The molecule has 0 aliphatic carbocycles. The fourth-order valence-electron chi connectivity index (χ4n) is 4.07. The van der Waals surface area contributed by atoms with Gasteiger partial charge in [0.05, 0.1) is 12.1 Å². The molecule has 3 aromatic heterocycles. The van der Waals surface area contributed by atoms with Crippen LogP contribution in [0.3, 0.4) is 0 Å². The topological polar surface area (TPSA) is 111 Å². The number of aromatic nitrogens is 6. The molecule has 0 saturated carbocycles. The second-order valence-corrected chi connectivity index (χ2v) is 8.67. The van der Waals surface area contributed by atoms with Crippen molar-refractivity contribution < 1.29 is 13.6 Å². The zero-order valence-electron chi connectivity index (χ0n) is 19.0. The number of fused-ring (bicyclic) bond motifs is 2. The summed E-state index contributed by atoms with van der Waals surface area (Å²) in [5.74, 6) is -2.07. The van der Waals surface area contributed by atoms with Crippen molar-refractivity contribution in [3.8, 4) is 22.6 Å². The summed E-state index contributed by atoms with van der Waals surface area (Å²) in [7, 11) is 1.85. The summed E-state index contributed by atoms with van der Waals surface area (Å²) in [6.07, 6.45) is 4.84. The molecule has 0 saturated heterocycles. The second kappa shape index (κ2) is 7.59. The molecule has 0 fully saturated rings. The van der Waals surface area contributed by atoms with Crippen molar-refractivity contribution in [1.29, 1.82) is 0 Å². The predicted molar refractivity (Wildman–Crippen MR) is 122 cm³/mol. The molecule has 0 unspecified atom stereocenters. The van der Waals surface area contributed by atoms with Crippen molar-refractivity contribution >= 4 is 22.8 Å². The van der Waals surface area contributed by atoms with Gasteiger partial charge in [-0.3, -0.25) is 10.1 Å². The average Bonchev–Trinajstić information content (AvgIpc) is 3.26. The van der Waals surface area contributed by atoms with Crippen LogP contribution < -0.4 is 10.6 Å². The van der Waals surface area contributed by atoms with E-state index >= 15 is 0 Å². The molecule has 11 heteroatoms. The minimum absolute atomic E-state index is 0.392. The molecule has 34 heavy (non-hydrogen) atoms. The number of hydrogen-bond donors (Lipinski definition) is 2. The highest BCUT2D eigenvalue weighted by molar-refractivity contribution is 6.06. The van der Waals surface area contributed by atoms with Crippen molar-refractivity contribution in [3.63, 3.8) is 0 Å². The van der Waals surface area contributed by atoms with Crippen LogP contribution in [-0.2, 0) is 17.4 Å². The Balaban J connectivity index is 1.61. The van der Waals surface area contributed by atoms with Gasteiger partial charge in [-0.15, -0.1) is 0 Å². The molecule has 0 spiro atoms. The molecule has 1 aliphatic rings. The monoisotopic (exact) mass is 464 g/mol. The fraction of sp³-hybridized carbons (Fsp3) is 0.304. The summed E-state index contributed by atoms with van der Waals surface area (Å²) in [6.45, 7) is 3.57. The Bertz CT molecular complexity index is 1430. The zero-order valence-corrected chi connectivity index (χ0v) is 19.0. The van der Waals surface area contributed by atoms with Crippen molar-refractivity contribution in [2.75, 3.05) is 11.9 Å². The molecule has 1 aromatic carbocycles. The minimum Gasteiger partial charge on any atom is -0.324 e. The van der Waals surface area contributed by atoms with Crippen LogP contribution in [0, 0.1) is 6.92 Å². The average molecular weight is 464 g/mol. The first-order valence-electron chi connectivity index (χ1n) is 10.6. The van der Waals surface area contributed by atoms with Crippen LogP contribution in [0.5, 0.6) is 0 Å². The Morgan fingerprint density at radius 2 is 1.88 bits per heavy atom. The highest BCUT2D eigenvalue weighted by atomic mass is 19.3. The van der Waals surface area contributed by atoms with E-state index in [-0.39, 0.29) is 0 Å². The third kappa shape index (κ3) is 3.58. The molecule has 4 aromatic rings. The summed E-state index contributed by atoms with van der Waals surface area (Å²) in [5, 5.41) is 5.50. The van der Waals surface area contributed by atoms with E-state index in [2.05, 4.69) is 30.6 Å². The Kier molecular flexibility index (Phi) is 4.90. The van der Waals surface area contributed by atoms with Crippen LogP contribution in [0.15, 0.2) is 36.9 Å². The van der Waals surface area contributed by atoms with Crippen LogP contribution in [0.4, 0.5) is 14.5 Å². The Hall–Kier alpha value is -3.86. The molecule has 2 N–H and O–H groups in total. The Labute approximate surface area is 193 Å². The van der Waals surface area contributed by atoms with Gasteiger partial charge in [-0.1, -0.05) is 6.07 Å². The number of anilines is 1. The maximum absolute atomic E-state index is 13.5. The lowest BCUT2D eigenvalue weighted by atomic mass is 9.91. The smallest absolute Gasteiger partial charge is 0.257 e. The number of carbonyl (C=O) groups is 1. The standard InChI is InChI=1S/C23H22F2N8O/c1-12-26-8-14(9-27-12)19-32-18-17(28-11-29-20(18)33(19)4)13-5-6-16-15(7-13)23(3,21(34)31-16)30-10-22(2,24)25/h5-9,11,30H,10H2,1-4H3,(H,31,34)/t23-/m0/s1. The van der Waals surface area contributed by atoms with Crippen molar-refractivity contribution in [3.05, 3.63) is 48.3 Å². The van der Waals surface area contributed by atoms with Gasteiger partial charge >= 0.3 is 0 Å². The van der Waals surface area contributed by atoms with E-state index in [1.807, 2.05) is 17.7 Å². The molecular weight excluding hydrogens is 442 g/mol. The van der Waals surface area contributed by atoms with Crippen LogP contribution in [0.25, 0.3) is 33.8 Å². The molecule has 5 rings (SSSR count). The first kappa shape index (κ1) is 22.0. The van der Waals surface area contributed by atoms with Gasteiger partial charge in [-0.25, -0.2) is 33.7 Å². The number of hydrogen-bond acceptors (Lipinski definition) is 7. The van der Waals surface area contributed by atoms with Crippen molar-refractivity contribution in [2.45, 2.75) is 32.2 Å². The number of carbonyl (C=O) groups excluding carboxylic acids is 1. The van der Waals surface area contributed by atoms with Crippen LogP contribution in [-0.4, -0.2) is 47.9 Å². The summed E-state index contributed by atoms with van der Waals surface area (Å²) >= 11 is 0. The van der Waals surface area contributed by atoms with E-state index in [1.54, 1.807) is 38.4 Å². The molecule has 0 radical (unpaired) electrons. The molecule has 1 aliphatic heterocycles. The van der Waals surface area contributed by atoms with E-state index in [0.29, 0.717) is 45.3 Å². The maximum atomic E-state index is 13.5. The van der Waals surface area contributed by atoms with Crippen LogP contribution in [0.2, 0.25) is 0 Å². The number of aryl methyl sites for hydroxylation is 2. The maximum Gasteiger partial charge on any atom is 0.257 e.